The summed E-state index contributed by atoms with van der Waals surface area (Å²) in [4.78, 5) is 28.2. The predicted octanol–water partition coefficient (Wildman–Crippen LogP) is 0.115. The highest BCUT2D eigenvalue weighted by atomic mass is 16.5. The van der Waals surface area contributed by atoms with E-state index in [2.05, 4.69) is 5.32 Å². The van der Waals surface area contributed by atoms with E-state index in [9.17, 15) is 9.59 Å². The van der Waals surface area contributed by atoms with E-state index in [1.165, 1.54) is 0 Å². The zero-order valence-corrected chi connectivity index (χ0v) is 14.4. The number of carbonyl (C=O) groups excluding carboxylic acids is 2. The highest BCUT2D eigenvalue weighted by Crippen LogP contribution is 2.10. The summed E-state index contributed by atoms with van der Waals surface area (Å²) in [6, 6.07) is 9.40. The van der Waals surface area contributed by atoms with E-state index < -0.39 is 0 Å². The monoisotopic (exact) mass is 347 g/mol. The van der Waals surface area contributed by atoms with Gasteiger partial charge in [0.1, 0.15) is 5.75 Å². The van der Waals surface area contributed by atoms with E-state index >= 15 is 0 Å². The number of amides is 2. The molecule has 0 aliphatic carbocycles. The van der Waals surface area contributed by atoms with Crippen LogP contribution in [0.1, 0.15) is 6.42 Å². The Balaban J connectivity index is 1.38. The molecule has 2 fully saturated rings. The van der Waals surface area contributed by atoms with Gasteiger partial charge in [-0.3, -0.25) is 9.59 Å². The molecular weight excluding hydrogens is 322 g/mol. The van der Waals surface area contributed by atoms with Crippen LogP contribution in [-0.2, 0) is 14.3 Å². The van der Waals surface area contributed by atoms with Gasteiger partial charge in [-0.2, -0.15) is 0 Å². The Bertz CT molecular complexity index is 567. The molecule has 2 heterocycles. The largest absolute Gasteiger partial charge is 0.484 e. The van der Waals surface area contributed by atoms with Crippen LogP contribution in [0, 0.1) is 0 Å². The molecule has 3 rings (SSSR count). The Labute approximate surface area is 147 Å². The Morgan fingerprint density at radius 3 is 2.40 bits per heavy atom. The van der Waals surface area contributed by atoms with E-state index in [1.54, 1.807) is 4.90 Å². The van der Waals surface area contributed by atoms with Crippen LogP contribution in [0.3, 0.4) is 0 Å². The molecule has 1 N–H and O–H groups in total. The number of rotatable bonds is 5. The second kappa shape index (κ2) is 8.82. The van der Waals surface area contributed by atoms with E-state index in [0.717, 1.165) is 6.54 Å². The molecule has 0 saturated carbocycles. The summed E-state index contributed by atoms with van der Waals surface area (Å²) in [6.07, 6.45) is 0.449. The fraction of sp³-hybridized carbons (Fsp3) is 0.556. The van der Waals surface area contributed by atoms with Gasteiger partial charge >= 0.3 is 0 Å². The van der Waals surface area contributed by atoms with Crippen molar-refractivity contribution >= 4 is 11.8 Å². The van der Waals surface area contributed by atoms with E-state index in [0.29, 0.717) is 51.6 Å². The van der Waals surface area contributed by atoms with Gasteiger partial charge in [-0.25, -0.2) is 0 Å². The molecule has 0 spiro atoms. The number of hydrogen-bond donors (Lipinski definition) is 1. The fourth-order valence-electron chi connectivity index (χ4n) is 3.05. The zero-order chi connectivity index (χ0) is 17.5. The van der Waals surface area contributed by atoms with Crippen molar-refractivity contribution in [2.24, 2.45) is 0 Å². The first kappa shape index (κ1) is 17.7. The minimum atomic E-state index is -0.0432. The minimum Gasteiger partial charge on any atom is -0.484 e. The predicted molar refractivity (Wildman–Crippen MR) is 92.3 cm³/mol. The first-order chi connectivity index (χ1) is 12.2. The number of hydrogen-bond acceptors (Lipinski definition) is 5. The van der Waals surface area contributed by atoms with Crippen LogP contribution in [0.25, 0.3) is 0 Å². The molecule has 1 aromatic rings. The molecule has 2 aliphatic rings. The Kier molecular flexibility index (Phi) is 6.25. The maximum Gasteiger partial charge on any atom is 0.260 e. The molecule has 7 nitrogen and oxygen atoms in total. The third-order valence-corrected chi connectivity index (χ3v) is 4.51. The van der Waals surface area contributed by atoms with Gasteiger partial charge in [-0.15, -0.1) is 0 Å². The molecule has 0 bridgehead atoms. The van der Waals surface area contributed by atoms with Crippen molar-refractivity contribution in [2.45, 2.75) is 12.5 Å². The van der Waals surface area contributed by atoms with E-state index in [-0.39, 0.29) is 24.5 Å². The molecule has 25 heavy (non-hydrogen) atoms. The van der Waals surface area contributed by atoms with Crippen LogP contribution in [0.2, 0.25) is 0 Å². The van der Waals surface area contributed by atoms with Crippen LogP contribution in [-0.4, -0.2) is 80.2 Å². The Morgan fingerprint density at radius 2 is 1.76 bits per heavy atom. The van der Waals surface area contributed by atoms with Crippen LogP contribution in [0.4, 0.5) is 0 Å². The summed E-state index contributed by atoms with van der Waals surface area (Å²) >= 11 is 0. The van der Waals surface area contributed by atoms with Crippen molar-refractivity contribution < 1.29 is 19.1 Å². The van der Waals surface area contributed by atoms with Crippen molar-refractivity contribution in [1.29, 1.82) is 0 Å². The lowest BCUT2D eigenvalue weighted by atomic mass is 10.1. The molecular formula is C18H25N3O4. The van der Waals surface area contributed by atoms with Crippen molar-refractivity contribution in [1.82, 2.24) is 15.1 Å². The van der Waals surface area contributed by atoms with Crippen LogP contribution >= 0.6 is 0 Å². The highest BCUT2D eigenvalue weighted by molar-refractivity contribution is 5.79. The number of benzene rings is 1. The van der Waals surface area contributed by atoms with Crippen molar-refractivity contribution in [3.63, 3.8) is 0 Å². The highest BCUT2D eigenvalue weighted by Gasteiger charge is 2.26. The summed E-state index contributed by atoms with van der Waals surface area (Å²) in [6.45, 7) is 4.36. The first-order valence-electron chi connectivity index (χ1n) is 8.77. The SMILES string of the molecule is O=C(COc1ccccc1)N1CCN(C(=O)CC2COCCN2)CC1. The normalized spacial score (nSPS) is 21.0. The van der Waals surface area contributed by atoms with Gasteiger partial charge in [-0.05, 0) is 12.1 Å². The van der Waals surface area contributed by atoms with Gasteiger partial charge in [0, 0.05) is 45.2 Å². The third-order valence-electron chi connectivity index (χ3n) is 4.51. The van der Waals surface area contributed by atoms with Gasteiger partial charge in [0.25, 0.3) is 5.91 Å². The topological polar surface area (TPSA) is 71.1 Å². The van der Waals surface area contributed by atoms with Gasteiger partial charge in [0.05, 0.1) is 13.2 Å². The lowest BCUT2D eigenvalue weighted by molar-refractivity contribution is -0.141. The van der Waals surface area contributed by atoms with Gasteiger partial charge < -0.3 is 24.6 Å². The summed E-state index contributed by atoms with van der Waals surface area (Å²) in [5.74, 6) is 0.765. The summed E-state index contributed by atoms with van der Waals surface area (Å²) in [5, 5.41) is 3.29. The fourth-order valence-corrected chi connectivity index (χ4v) is 3.05. The molecule has 2 saturated heterocycles. The molecule has 2 amide bonds. The lowest BCUT2D eigenvalue weighted by Gasteiger charge is -2.35. The smallest absolute Gasteiger partial charge is 0.260 e. The number of morpholine rings is 1. The second-order valence-electron chi connectivity index (χ2n) is 6.29. The molecule has 1 atom stereocenters. The minimum absolute atomic E-state index is 0.0291. The maximum absolute atomic E-state index is 12.4. The van der Waals surface area contributed by atoms with E-state index in [4.69, 9.17) is 9.47 Å². The average Bonchev–Trinajstić information content (AvgIpc) is 2.68. The first-order valence-corrected chi connectivity index (χ1v) is 8.77. The number of piperazine rings is 1. The molecule has 0 radical (unpaired) electrons. The molecule has 2 aliphatic heterocycles. The molecule has 1 aromatic carbocycles. The number of para-hydroxylation sites is 1. The van der Waals surface area contributed by atoms with Gasteiger partial charge in [0.15, 0.2) is 6.61 Å². The van der Waals surface area contributed by atoms with Crippen molar-refractivity contribution in [3.8, 4) is 5.75 Å². The molecule has 7 heteroatoms. The lowest BCUT2D eigenvalue weighted by Crippen LogP contribution is -2.53. The Hall–Kier alpha value is -2.12. The van der Waals surface area contributed by atoms with Gasteiger partial charge in [-0.1, -0.05) is 18.2 Å². The number of ether oxygens (including phenoxy) is 2. The quantitative estimate of drug-likeness (QED) is 0.819. The van der Waals surface area contributed by atoms with Crippen molar-refractivity contribution in [3.05, 3.63) is 30.3 Å². The average molecular weight is 347 g/mol. The number of nitrogens with zero attached hydrogens (tertiary/aromatic N) is 2. The second-order valence-corrected chi connectivity index (χ2v) is 6.29. The van der Waals surface area contributed by atoms with Crippen LogP contribution in [0.5, 0.6) is 5.75 Å². The summed E-state index contributed by atoms with van der Waals surface area (Å²) in [5.41, 5.74) is 0. The van der Waals surface area contributed by atoms with E-state index in [1.807, 2.05) is 35.2 Å². The number of nitrogens with one attached hydrogen (secondary N) is 1. The van der Waals surface area contributed by atoms with Crippen LogP contribution < -0.4 is 10.1 Å². The Morgan fingerprint density at radius 1 is 1.08 bits per heavy atom. The standard InChI is InChI=1S/C18H25N3O4/c22-17(12-15-13-24-11-6-19-15)20-7-9-21(10-8-20)18(23)14-25-16-4-2-1-3-5-16/h1-5,15,19H,6-14H2. The molecule has 136 valence electrons. The zero-order valence-electron chi connectivity index (χ0n) is 14.4. The summed E-state index contributed by atoms with van der Waals surface area (Å²) in [7, 11) is 0. The van der Waals surface area contributed by atoms with Crippen LogP contribution in [0.15, 0.2) is 30.3 Å². The maximum atomic E-state index is 12.4. The molecule has 1 unspecified atom stereocenters. The number of carbonyl (C=O) groups is 2. The van der Waals surface area contributed by atoms with Crippen molar-refractivity contribution in [2.75, 3.05) is 52.5 Å². The molecule has 0 aromatic heterocycles. The summed E-state index contributed by atoms with van der Waals surface area (Å²) < 4.78 is 10.9. The van der Waals surface area contributed by atoms with Gasteiger partial charge in [0.2, 0.25) is 5.91 Å². The third kappa shape index (κ3) is 5.17.